The number of nitrogens with zero attached hydrogens (tertiary/aromatic N) is 2. The molecular weight excluding hydrogens is 181 g/mol. The minimum atomic E-state index is -4.37. The summed E-state index contributed by atoms with van der Waals surface area (Å²) in [6.07, 6.45) is -0.719. The Bertz CT molecular complexity index is 430. The van der Waals surface area contributed by atoms with Gasteiger partial charge < -0.3 is 0 Å². The maximum atomic E-state index is 12.3. The molecule has 2 nitrogen and oxygen atoms in total. The largest absolute Gasteiger partial charge is 0.488 e. The fourth-order valence-corrected chi connectivity index (χ4v) is 1.20. The number of pyridine rings is 1. The molecule has 0 aliphatic carbocycles. The van der Waals surface area contributed by atoms with Crippen molar-refractivity contribution in [3.8, 4) is 0 Å². The first kappa shape index (κ1) is 8.10. The first-order valence-electron chi connectivity index (χ1n) is 3.57. The van der Waals surface area contributed by atoms with Gasteiger partial charge in [0.15, 0.2) is 0 Å². The van der Waals surface area contributed by atoms with Crippen molar-refractivity contribution in [2.75, 3.05) is 0 Å². The third kappa shape index (κ3) is 1.26. The van der Waals surface area contributed by atoms with Crippen LogP contribution >= 0.6 is 0 Å². The van der Waals surface area contributed by atoms with Crippen LogP contribution in [0.5, 0.6) is 0 Å². The highest BCUT2D eigenvalue weighted by atomic mass is 19.4. The number of hydrogen-bond donors (Lipinski definition) is 0. The topological polar surface area (TPSA) is 17.8 Å². The first-order valence-corrected chi connectivity index (χ1v) is 3.57. The number of alkyl halides is 3. The summed E-state index contributed by atoms with van der Waals surface area (Å²) in [7, 11) is 0. The Hall–Kier alpha value is -1.52. The lowest BCUT2D eigenvalue weighted by molar-refractivity contribution is -0.200. The summed E-state index contributed by atoms with van der Waals surface area (Å²) < 4.78 is 37.1. The van der Waals surface area contributed by atoms with Crippen LogP contribution in [0.25, 0.3) is 10.9 Å². The van der Waals surface area contributed by atoms with Crippen molar-refractivity contribution in [2.45, 2.75) is 6.30 Å². The van der Waals surface area contributed by atoms with Crippen LogP contribution in [0.3, 0.4) is 0 Å². The van der Waals surface area contributed by atoms with E-state index in [0.29, 0.717) is 5.39 Å². The standard InChI is InChI=1S/C8H5F3N2/c9-8(10,11)13-4-2-6-1-3-12-5-7(6)13/h1-5H. The maximum Gasteiger partial charge on any atom is 0.488 e. The van der Waals surface area contributed by atoms with Gasteiger partial charge in [-0.1, -0.05) is 0 Å². The van der Waals surface area contributed by atoms with Gasteiger partial charge in [0.05, 0.1) is 11.7 Å². The molecule has 2 rings (SSSR count). The van der Waals surface area contributed by atoms with E-state index in [-0.39, 0.29) is 10.1 Å². The highest BCUT2D eigenvalue weighted by molar-refractivity contribution is 5.78. The monoisotopic (exact) mass is 186 g/mol. The van der Waals surface area contributed by atoms with Crippen LogP contribution in [-0.2, 0) is 6.30 Å². The van der Waals surface area contributed by atoms with Gasteiger partial charge in [0.2, 0.25) is 0 Å². The van der Waals surface area contributed by atoms with Crippen molar-refractivity contribution in [2.24, 2.45) is 0 Å². The smallest absolute Gasteiger partial charge is 0.263 e. The summed E-state index contributed by atoms with van der Waals surface area (Å²) in [5, 5.41) is 0.535. The molecule has 2 aromatic rings. The second kappa shape index (κ2) is 2.48. The molecule has 0 N–H and O–H groups in total. The molecule has 68 valence electrons. The fraction of sp³-hybridized carbons (Fsp3) is 0.125. The van der Waals surface area contributed by atoms with Crippen LogP contribution in [0.2, 0.25) is 0 Å². The van der Waals surface area contributed by atoms with E-state index in [1.807, 2.05) is 0 Å². The van der Waals surface area contributed by atoms with Crippen molar-refractivity contribution in [3.05, 3.63) is 30.7 Å². The zero-order valence-electron chi connectivity index (χ0n) is 6.42. The van der Waals surface area contributed by atoms with Gasteiger partial charge in [0, 0.05) is 17.8 Å². The molecule has 2 aromatic heterocycles. The van der Waals surface area contributed by atoms with E-state index in [9.17, 15) is 13.2 Å². The molecule has 13 heavy (non-hydrogen) atoms. The summed E-state index contributed by atoms with van der Waals surface area (Å²) in [5.74, 6) is 0. The third-order valence-electron chi connectivity index (χ3n) is 1.77. The van der Waals surface area contributed by atoms with Crippen LogP contribution < -0.4 is 0 Å². The van der Waals surface area contributed by atoms with Gasteiger partial charge in [-0.15, -0.1) is 13.2 Å². The SMILES string of the molecule is FC(F)(F)n1ccc2ccncc21. The van der Waals surface area contributed by atoms with E-state index in [1.54, 1.807) is 0 Å². The van der Waals surface area contributed by atoms with Crippen LogP contribution in [0, 0.1) is 0 Å². The van der Waals surface area contributed by atoms with E-state index in [2.05, 4.69) is 4.98 Å². The van der Waals surface area contributed by atoms with E-state index in [4.69, 9.17) is 0 Å². The molecule has 0 aromatic carbocycles. The van der Waals surface area contributed by atoms with Crippen molar-refractivity contribution in [3.63, 3.8) is 0 Å². The molecule has 0 spiro atoms. The number of rotatable bonds is 0. The number of halogens is 3. The van der Waals surface area contributed by atoms with Gasteiger partial charge in [-0.3, -0.25) is 9.55 Å². The molecule has 0 aliphatic heterocycles. The van der Waals surface area contributed by atoms with E-state index in [0.717, 1.165) is 6.20 Å². The number of hydrogen-bond acceptors (Lipinski definition) is 1. The lowest BCUT2D eigenvalue weighted by Gasteiger charge is -2.08. The summed E-state index contributed by atoms with van der Waals surface area (Å²) in [5.41, 5.74) is 0.0787. The lowest BCUT2D eigenvalue weighted by atomic mass is 10.3. The molecule has 0 saturated carbocycles. The molecule has 0 saturated heterocycles. The molecular formula is C8H5F3N2. The van der Waals surface area contributed by atoms with Crippen LogP contribution in [0.1, 0.15) is 0 Å². The summed E-state index contributed by atoms with van der Waals surface area (Å²) in [4.78, 5) is 3.64. The highest BCUT2D eigenvalue weighted by Gasteiger charge is 2.31. The normalized spacial score (nSPS) is 12.2. The van der Waals surface area contributed by atoms with Gasteiger partial charge >= 0.3 is 6.30 Å². The Kier molecular flexibility index (Phi) is 1.55. The molecule has 0 atom stereocenters. The van der Waals surface area contributed by atoms with Crippen LogP contribution in [0.15, 0.2) is 30.7 Å². The van der Waals surface area contributed by atoms with Crippen LogP contribution in [-0.4, -0.2) is 9.55 Å². The Balaban J connectivity index is 2.72. The average molecular weight is 186 g/mol. The fourth-order valence-electron chi connectivity index (χ4n) is 1.20. The minimum absolute atomic E-state index is 0.0787. The zero-order chi connectivity index (χ0) is 9.47. The zero-order valence-corrected chi connectivity index (χ0v) is 6.42. The van der Waals surface area contributed by atoms with Crippen LogP contribution in [0.4, 0.5) is 13.2 Å². The summed E-state index contributed by atoms with van der Waals surface area (Å²) in [6, 6.07) is 2.95. The van der Waals surface area contributed by atoms with Crippen molar-refractivity contribution >= 4 is 10.9 Å². The van der Waals surface area contributed by atoms with E-state index >= 15 is 0 Å². The third-order valence-corrected chi connectivity index (χ3v) is 1.77. The molecule has 0 radical (unpaired) electrons. The van der Waals surface area contributed by atoms with Gasteiger partial charge in [0.25, 0.3) is 0 Å². The molecule has 0 amide bonds. The van der Waals surface area contributed by atoms with E-state index in [1.165, 1.54) is 24.5 Å². The quantitative estimate of drug-likeness (QED) is 0.618. The molecule has 0 aliphatic rings. The number of aromatic nitrogens is 2. The minimum Gasteiger partial charge on any atom is -0.263 e. The highest BCUT2D eigenvalue weighted by Crippen LogP contribution is 2.27. The van der Waals surface area contributed by atoms with Crippen molar-refractivity contribution in [1.82, 2.24) is 9.55 Å². The predicted molar refractivity (Wildman–Crippen MR) is 41.0 cm³/mol. The van der Waals surface area contributed by atoms with Gasteiger partial charge in [-0.25, -0.2) is 0 Å². The Labute approximate surface area is 71.6 Å². The molecule has 2 heterocycles. The molecule has 0 fully saturated rings. The second-order valence-corrected chi connectivity index (χ2v) is 2.59. The predicted octanol–water partition coefficient (Wildman–Crippen LogP) is 2.51. The summed E-state index contributed by atoms with van der Waals surface area (Å²) >= 11 is 0. The maximum absolute atomic E-state index is 12.3. The summed E-state index contributed by atoms with van der Waals surface area (Å²) in [6.45, 7) is 0. The van der Waals surface area contributed by atoms with Gasteiger partial charge in [0.1, 0.15) is 0 Å². The van der Waals surface area contributed by atoms with E-state index < -0.39 is 6.30 Å². The Morgan fingerprint density at radius 3 is 2.69 bits per heavy atom. The van der Waals surface area contributed by atoms with Gasteiger partial charge in [-0.05, 0) is 12.1 Å². The Morgan fingerprint density at radius 1 is 1.23 bits per heavy atom. The van der Waals surface area contributed by atoms with Crippen molar-refractivity contribution in [1.29, 1.82) is 0 Å². The lowest BCUT2D eigenvalue weighted by Crippen LogP contribution is -2.14. The molecule has 0 bridgehead atoms. The molecule has 0 unspecified atom stereocenters. The first-order chi connectivity index (χ1) is 6.09. The second-order valence-electron chi connectivity index (χ2n) is 2.59. The van der Waals surface area contributed by atoms with Gasteiger partial charge in [-0.2, -0.15) is 0 Å². The van der Waals surface area contributed by atoms with Crippen molar-refractivity contribution < 1.29 is 13.2 Å². The Morgan fingerprint density at radius 2 is 2.00 bits per heavy atom. The average Bonchev–Trinajstić information content (AvgIpc) is 2.45. The molecule has 5 heteroatoms. The number of fused-ring (bicyclic) bond motifs is 1.